The molecular formula is C21H24N6O2. The van der Waals surface area contributed by atoms with E-state index in [-0.39, 0.29) is 11.6 Å². The Morgan fingerprint density at radius 1 is 1.24 bits per heavy atom. The first-order valence-corrected chi connectivity index (χ1v) is 9.72. The van der Waals surface area contributed by atoms with Gasteiger partial charge in [0.2, 0.25) is 5.95 Å². The Morgan fingerprint density at radius 3 is 2.90 bits per heavy atom. The SMILES string of the molecule is CCOc1ccccc1C1CN(c2nc(-c3ccncn3)cc(=O)n2C)CCN1. The molecule has 8 heteroatoms. The van der Waals surface area contributed by atoms with E-state index < -0.39 is 0 Å². The first-order valence-electron chi connectivity index (χ1n) is 9.72. The maximum absolute atomic E-state index is 12.6. The molecule has 4 rings (SSSR count). The molecule has 0 aliphatic carbocycles. The fourth-order valence-corrected chi connectivity index (χ4v) is 3.58. The van der Waals surface area contributed by atoms with Gasteiger partial charge >= 0.3 is 0 Å². The Bertz CT molecular complexity index is 1040. The van der Waals surface area contributed by atoms with Crippen molar-refractivity contribution in [1.29, 1.82) is 0 Å². The highest BCUT2D eigenvalue weighted by Gasteiger charge is 2.26. The summed E-state index contributed by atoms with van der Waals surface area (Å²) in [6, 6.07) is 11.4. The topological polar surface area (TPSA) is 85.2 Å². The third-order valence-electron chi connectivity index (χ3n) is 5.01. The molecular weight excluding hydrogens is 368 g/mol. The zero-order valence-electron chi connectivity index (χ0n) is 16.6. The van der Waals surface area contributed by atoms with Crippen LogP contribution in [0.3, 0.4) is 0 Å². The van der Waals surface area contributed by atoms with E-state index in [2.05, 4.69) is 26.3 Å². The molecule has 1 atom stereocenters. The zero-order chi connectivity index (χ0) is 20.2. The smallest absolute Gasteiger partial charge is 0.255 e. The minimum absolute atomic E-state index is 0.0751. The van der Waals surface area contributed by atoms with Gasteiger partial charge in [0.1, 0.15) is 12.1 Å². The lowest BCUT2D eigenvalue weighted by atomic mass is 10.0. The molecule has 0 spiro atoms. The van der Waals surface area contributed by atoms with Crippen molar-refractivity contribution in [3.05, 3.63) is 64.8 Å². The average Bonchev–Trinajstić information content (AvgIpc) is 2.77. The van der Waals surface area contributed by atoms with Crippen LogP contribution in [0.5, 0.6) is 5.75 Å². The third kappa shape index (κ3) is 3.97. The number of nitrogens with one attached hydrogen (secondary N) is 1. The Kier molecular flexibility index (Phi) is 5.53. The highest BCUT2D eigenvalue weighted by Crippen LogP contribution is 2.28. The molecule has 3 heterocycles. The van der Waals surface area contributed by atoms with E-state index in [1.807, 2.05) is 25.1 Å². The van der Waals surface area contributed by atoms with Gasteiger partial charge in [-0.2, -0.15) is 0 Å². The molecule has 29 heavy (non-hydrogen) atoms. The maximum Gasteiger partial charge on any atom is 0.255 e. The lowest BCUT2D eigenvalue weighted by Gasteiger charge is -2.35. The van der Waals surface area contributed by atoms with Crippen molar-refractivity contribution >= 4 is 5.95 Å². The van der Waals surface area contributed by atoms with Crippen LogP contribution >= 0.6 is 0 Å². The first-order chi connectivity index (χ1) is 14.2. The molecule has 150 valence electrons. The van der Waals surface area contributed by atoms with Crippen molar-refractivity contribution in [2.45, 2.75) is 13.0 Å². The van der Waals surface area contributed by atoms with Crippen LogP contribution in [-0.4, -0.2) is 45.8 Å². The highest BCUT2D eigenvalue weighted by atomic mass is 16.5. The second-order valence-electron chi connectivity index (χ2n) is 6.86. The molecule has 1 N–H and O–H groups in total. The van der Waals surface area contributed by atoms with E-state index >= 15 is 0 Å². The van der Waals surface area contributed by atoms with Gasteiger partial charge in [0, 0.05) is 44.5 Å². The third-order valence-corrected chi connectivity index (χ3v) is 5.01. The van der Waals surface area contributed by atoms with Crippen LogP contribution in [0.1, 0.15) is 18.5 Å². The number of para-hydroxylation sites is 1. The van der Waals surface area contributed by atoms with Gasteiger partial charge in [0.05, 0.1) is 24.0 Å². The van der Waals surface area contributed by atoms with Crippen LogP contribution in [0.4, 0.5) is 5.95 Å². The molecule has 1 aromatic carbocycles. The summed E-state index contributed by atoms with van der Waals surface area (Å²) in [5.74, 6) is 1.51. The van der Waals surface area contributed by atoms with Crippen molar-refractivity contribution in [2.75, 3.05) is 31.1 Å². The van der Waals surface area contributed by atoms with Crippen LogP contribution in [0.2, 0.25) is 0 Å². The predicted molar refractivity (Wildman–Crippen MR) is 111 cm³/mol. The number of anilines is 1. The summed E-state index contributed by atoms with van der Waals surface area (Å²) >= 11 is 0. The summed E-state index contributed by atoms with van der Waals surface area (Å²) in [4.78, 5) is 27.6. The van der Waals surface area contributed by atoms with Gasteiger partial charge in [-0.15, -0.1) is 0 Å². The van der Waals surface area contributed by atoms with Gasteiger partial charge in [-0.25, -0.2) is 15.0 Å². The molecule has 0 bridgehead atoms. The van der Waals surface area contributed by atoms with Gasteiger partial charge in [0.15, 0.2) is 0 Å². The zero-order valence-corrected chi connectivity index (χ0v) is 16.6. The number of rotatable bonds is 5. The largest absolute Gasteiger partial charge is 0.494 e. The van der Waals surface area contributed by atoms with E-state index in [1.165, 1.54) is 12.4 Å². The predicted octanol–water partition coefficient (Wildman–Crippen LogP) is 1.79. The quantitative estimate of drug-likeness (QED) is 0.708. The molecule has 2 aromatic heterocycles. The van der Waals surface area contributed by atoms with E-state index in [4.69, 9.17) is 9.72 Å². The molecule has 1 unspecified atom stereocenters. The van der Waals surface area contributed by atoms with Crippen LogP contribution in [0.25, 0.3) is 11.4 Å². The molecule has 1 aliphatic rings. The number of hydrogen-bond donors (Lipinski definition) is 1. The van der Waals surface area contributed by atoms with Crippen LogP contribution in [-0.2, 0) is 7.05 Å². The number of piperazine rings is 1. The van der Waals surface area contributed by atoms with Crippen molar-refractivity contribution in [3.63, 3.8) is 0 Å². The number of hydrogen-bond acceptors (Lipinski definition) is 7. The van der Waals surface area contributed by atoms with Gasteiger partial charge in [-0.3, -0.25) is 9.36 Å². The summed E-state index contributed by atoms with van der Waals surface area (Å²) in [6.07, 6.45) is 3.10. The van der Waals surface area contributed by atoms with E-state index in [0.717, 1.165) is 24.4 Å². The minimum atomic E-state index is -0.117. The van der Waals surface area contributed by atoms with Crippen LogP contribution in [0, 0.1) is 0 Å². The Labute approximate surface area is 169 Å². The van der Waals surface area contributed by atoms with Crippen LogP contribution < -0.4 is 20.5 Å². The van der Waals surface area contributed by atoms with Gasteiger partial charge in [0.25, 0.3) is 5.56 Å². The second kappa shape index (κ2) is 8.40. The summed E-state index contributed by atoms with van der Waals surface area (Å²) in [6.45, 7) is 4.80. The summed E-state index contributed by atoms with van der Waals surface area (Å²) in [5, 5.41) is 3.56. The molecule has 0 saturated carbocycles. The summed E-state index contributed by atoms with van der Waals surface area (Å²) < 4.78 is 7.39. The Morgan fingerprint density at radius 2 is 2.10 bits per heavy atom. The van der Waals surface area contributed by atoms with Crippen LogP contribution in [0.15, 0.2) is 53.7 Å². The molecule has 3 aromatic rings. The average molecular weight is 392 g/mol. The number of aromatic nitrogens is 4. The van der Waals surface area contributed by atoms with Crippen molar-refractivity contribution in [2.24, 2.45) is 7.05 Å². The Balaban J connectivity index is 1.67. The first kappa shape index (κ1) is 19.1. The molecule has 1 saturated heterocycles. The maximum atomic E-state index is 12.6. The van der Waals surface area contributed by atoms with Crippen molar-refractivity contribution < 1.29 is 4.74 Å². The van der Waals surface area contributed by atoms with E-state index in [1.54, 1.807) is 23.9 Å². The summed E-state index contributed by atoms with van der Waals surface area (Å²) in [7, 11) is 1.75. The van der Waals surface area contributed by atoms with E-state index in [0.29, 0.717) is 30.5 Å². The normalized spacial score (nSPS) is 16.6. The standard InChI is InChI=1S/C21H24N6O2/c1-3-29-19-7-5-4-6-15(19)18-13-27(11-10-23-18)21-25-17(12-20(28)26(21)2)16-8-9-22-14-24-16/h4-9,12,14,18,23H,3,10-11,13H2,1-2H3. The Hall–Kier alpha value is -3.26. The molecule has 8 nitrogen and oxygen atoms in total. The monoisotopic (exact) mass is 392 g/mol. The lowest BCUT2D eigenvalue weighted by molar-refractivity contribution is 0.329. The lowest BCUT2D eigenvalue weighted by Crippen LogP contribution is -2.47. The van der Waals surface area contributed by atoms with Crippen molar-refractivity contribution in [3.8, 4) is 17.1 Å². The fraction of sp³-hybridized carbons (Fsp3) is 0.333. The second-order valence-corrected chi connectivity index (χ2v) is 6.86. The van der Waals surface area contributed by atoms with Crippen molar-refractivity contribution in [1.82, 2.24) is 24.8 Å². The minimum Gasteiger partial charge on any atom is -0.494 e. The number of benzene rings is 1. The van der Waals surface area contributed by atoms with E-state index in [9.17, 15) is 4.79 Å². The molecule has 0 amide bonds. The fourth-order valence-electron chi connectivity index (χ4n) is 3.58. The number of nitrogens with zero attached hydrogens (tertiary/aromatic N) is 5. The molecule has 0 radical (unpaired) electrons. The molecule has 1 fully saturated rings. The van der Waals surface area contributed by atoms with Gasteiger partial charge in [-0.1, -0.05) is 18.2 Å². The summed E-state index contributed by atoms with van der Waals surface area (Å²) in [5.41, 5.74) is 2.17. The van der Waals surface area contributed by atoms with Gasteiger partial charge < -0.3 is 15.0 Å². The highest BCUT2D eigenvalue weighted by molar-refractivity contribution is 5.55. The number of ether oxygens (including phenoxy) is 1. The molecule has 1 aliphatic heterocycles. The van der Waals surface area contributed by atoms with Gasteiger partial charge in [-0.05, 0) is 19.1 Å².